The lowest BCUT2D eigenvalue weighted by Gasteiger charge is -2.30. The van der Waals surface area contributed by atoms with E-state index in [1.807, 2.05) is 6.07 Å². The maximum atomic E-state index is 12.8. The lowest BCUT2D eigenvalue weighted by molar-refractivity contribution is 0.00262. The van der Waals surface area contributed by atoms with Crippen LogP contribution in [0.3, 0.4) is 0 Å². The van der Waals surface area contributed by atoms with Crippen LogP contribution in [0, 0.1) is 0 Å². The fourth-order valence-corrected chi connectivity index (χ4v) is 4.42. The van der Waals surface area contributed by atoms with Gasteiger partial charge in [0.05, 0.1) is 30.2 Å². The maximum Gasteiger partial charge on any atom is 0.407 e. The minimum atomic E-state index is -3.77. The van der Waals surface area contributed by atoms with Crippen LogP contribution < -0.4 is 5.32 Å². The molecule has 0 saturated carbocycles. The zero-order valence-corrected chi connectivity index (χ0v) is 17.4. The molecule has 10 nitrogen and oxygen atoms in total. The van der Waals surface area contributed by atoms with Gasteiger partial charge >= 0.3 is 6.09 Å². The Hall–Kier alpha value is -2.53. The van der Waals surface area contributed by atoms with Crippen molar-refractivity contribution in [3.8, 4) is 5.69 Å². The molecule has 1 fully saturated rings. The molecule has 11 heteroatoms. The van der Waals surface area contributed by atoms with Crippen molar-refractivity contribution in [3.05, 3.63) is 30.3 Å². The topological polar surface area (TPSA) is 125 Å². The third-order valence-corrected chi connectivity index (χ3v) is 5.84. The predicted octanol–water partition coefficient (Wildman–Crippen LogP) is 1.51. The van der Waals surface area contributed by atoms with E-state index in [1.54, 1.807) is 45.0 Å². The zero-order chi connectivity index (χ0) is 21.1. The Balaban J connectivity index is 1.58. The molecule has 1 saturated heterocycles. The van der Waals surface area contributed by atoms with Gasteiger partial charge in [-0.25, -0.2) is 13.2 Å². The van der Waals surface area contributed by atoms with E-state index in [1.165, 1.54) is 4.68 Å². The molecule has 2 aromatic rings. The number of ether oxygens (including phenoxy) is 2. The van der Waals surface area contributed by atoms with Crippen molar-refractivity contribution in [3.63, 3.8) is 0 Å². The molecule has 1 aromatic heterocycles. The smallest absolute Gasteiger partial charge is 0.407 e. The lowest BCUT2D eigenvalue weighted by Crippen LogP contribution is -2.46. The van der Waals surface area contributed by atoms with Crippen LogP contribution in [0.25, 0.3) is 5.69 Å². The van der Waals surface area contributed by atoms with E-state index < -0.39 is 27.6 Å². The summed E-state index contributed by atoms with van der Waals surface area (Å²) in [5.41, 5.74) is -0.0267. The van der Waals surface area contributed by atoms with Gasteiger partial charge in [0.1, 0.15) is 5.60 Å². The average Bonchev–Trinajstić information content (AvgIpc) is 3.13. The fourth-order valence-electron chi connectivity index (χ4n) is 2.95. The molecule has 0 radical (unpaired) electrons. The highest BCUT2D eigenvalue weighted by molar-refractivity contribution is 7.91. The highest BCUT2D eigenvalue weighted by Gasteiger charge is 2.32. The molecular weight excluding hydrogens is 398 g/mol. The summed E-state index contributed by atoms with van der Waals surface area (Å²) in [5, 5.41) is 13.5. The first-order valence-electron chi connectivity index (χ1n) is 9.32. The molecule has 29 heavy (non-hydrogen) atoms. The second-order valence-electron chi connectivity index (χ2n) is 7.87. The Labute approximate surface area is 169 Å². The number of amides is 1. The van der Waals surface area contributed by atoms with E-state index in [9.17, 15) is 13.2 Å². The highest BCUT2D eigenvalue weighted by Crippen LogP contribution is 2.20. The largest absolute Gasteiger partial charge is 0.444 e. The summed E-state index contributed by atoms with van der Waals surface area (Å²) in [6.07, 6.45) is 0.0483. The van der Waals surface area contributed by atoms with Crippen LogP contribution in [0.1, 0.15) is 33.6 Å². The normalized spacial score (nSPS) is 20.2. The standard InChI is InChI=1S/C18H25N5O5S/c1-18(2,3)28-17(24)19-13-9-10-15(27-11-13)12-29(25,26)16-20-21-22-23(16)14-7-5-4-6-8-14/h4-8,13,15H,9-12H2,1-3H3,(H,19,24). The van der Waals surface area contributed by atoms with Crippen LogP contribution in [0.2, 0.25) is 0 Å². The van der Waals surface area contributed by atoms with E-state index in [4.69, 9.17) is 9.47 Å². The van der Waals surface area contributed by atoms with Crippen LogP contribution in [-0.4, -0.2) is 64.8 Å². The summed E-state index contributed by atoms with van der Waals surface area (Å²) in [4.78, 5) is 11.9. The van der Waals surface area contributed by atoms with E-state index >= 15 is 0 Å². The Morgan fingerprint density at radius 1 is 1.28 bits per heavy atom. The molecule has 0 aliphatic carbocycles. The van der Waals surface area contributed by atoms with E-state index in [0.717, 1.165) is 0 Å². The highest BCUT2D eigenvalue weighted by atomic mass is 32.2. The summed E-state index contributed by atoms with van der Waals surface area (Å²) in [6, 6.07) is 8.59. The number of nitrogens with one attached hydrogen (secondary N) is 1. The molecule has 0 spiro atoms. The Morgan fingerprint density at radius 2 is 2.00 bits per heavy atom. The minimum Gasteiger partial charge on any atom is -0.444 e. The molecule has 1 aliphatic rings. The molecule has 2 unspecified atom stereocenters. The van der Waals surface area contributed by atoms with Gasteiger partial charge in [-0.05, 0) is 56.2 Å². The summed E-state index contributed by atoms with van der Waals surface area (Å²) in [6.45, 7) is 5.57. The van der Waals surface area contributed by atoms with Gasteiger partial charge in [-0.3, -0.25) is 0 Å². The number of rotatable bonds is 5. The zero-order valence-electron chi connectivity index (χ0n) is 16.6. The molecule has 2 heterocycles. The van der Waals surface area contributed by atoms with Gasteiger partial charge in [0.15, 0.2) is 0 Å². The quantitative estimate of drug-likeness (QED) is 0.767. The van der Waals surface area contributed by atoms with Crippen LogP contribution in [0.4, 0.5) is 4.79 Å². The molecule has 1 amide bonds. The number of tetrazole rings is 1. The minimum absolute atomic E-state index is 0.211. The van der Waals surface area contributed by atoms with Gasteiger partial charge in [0.25, 0.3) is 5.16 Å². The third-order valence-electron chi connectivity index (χ3n) is 4.22. The van der Waals surface area contributed by atoms with Crippen molar-refractivity contribution < 1.29 is 22.7 Å². The number of hydrogen-bond donors (Lipinski definition) is 1. The van der Waals surface area contributed by atoms with Gasteiger partial charge in [-0.1, -0.05) is 23.3 Å². The number of carbonyl (C=O) groups is 1. The molecule has 1 aliphatic heterocycles. The van der Waals surface area contributed by atoms with E-state index in [0.29, 0.717) is 18.5 Å². The molecule has 2 atom stereocenters. The molecule has 0 bridgehead atoms. The van der Waals surface area contributed by atoms with Crippen LogP contribution in [0.5, 0.6) is 0 Å². The van der Waals surface area contributed by atoms with Gasteiger partial charge in [-0.15, -0.1) is 0 Å². The summed E-state index contributed by atoms with van der Waals surface area (Å²) >= 11 is 0. The predicted molar refractivity (Wildman–Crippen MR) is 103 cm³/mol. The Morgan fingerprint density at radius 3 is 2.62 bits per heavy atom. The van der Waals surface area contributed by atoms with Crippen LogP contribution in [0.15, 0.2) is 35.5 Å². The summed E-state index contributed by atoms with van der Waals surface area (Å²) in [7, 11) is -3.77. The first kappa shape index (κ1) is 21.2. The van der Waals surface area contributed by atoms with Gasteiger partial charge in [-0.2, -0.15) is 4.68 Å². The van der Waals surface area contributed by atoms with Gasteiger partial charge < -0.3 is 14.8 Å². The van der Waals surface area contributed by atoms with Crippen molar-refractivity contribution in [2.75, 3.05) is 12.4 Å². The summed E-state index contributed by atoms with van der Waals surface area (Å²) in [5.74, 6) is -0.237. The SMILES string of the molecule is CC(C)(C)OC(=O)NC1CCC(CS(=O)(=O)c2nnnn2-c2ccccc2)OC1. The van der Waals surface area contributed by atoms with Crippen molar-refractivity contribution >= 4 is 15.9 Å². The second-order valence-corrected chi connectivity index (χ2v) is 9.79. The number of aromatic nitrogens is 4. The Kier molecular flexibility index (Phi) is 6.18. The maximum absolute atomic E-state index is 12.8. The number of sulfone groups is 1. The number of carbonyl (C=O) groups excluding carboxylic acids is 1. The summed E-state index contributed by atoms with van der Waals surface area (Å²) < 4.78 is 37.8. The van der Waals surface area contributed by atoms with E-state index in [2.05, 4.69) is 20.8 Å². The molecule has 1 N–H and O–H groups in total. The number of para-hydroxylation sites is 1. The average molecular weight is 423 g/mol. The van der Waals surface area contributed by atoms with Crippen molar-refractivity contribution in [1.29, 1.82) is 0 Å². The first-order valence-corrected chi connectivity index (χ1v) is 11.0. The molecule has 1 aromatic carbocycles. The van der Waals surface area contributed by atoms with Crippen molar-refractivity contribution in [1.82, 2.24) is 25.5 Å². The Bertz CT molecular complexity index is 931. The number of nitrogens with zero attached hydrogens (tertiary/aromatic N) is 4. The number of alkyl carbamates (subject to hydrolysis) is 1. The van der Waals surface area contributed by atoms with Crippen LogP contribution >= 0.6 is 0 Å². The lowest BCUT2D eigenvalue weighted by atomic mass is 10.1. The van der Waals surface area contributed by atoms with E-state index in [-0.39, 0.29) is 23.6 Å². The van der Waals surface area contributed by atoms with Gasteiger partial charge in [0.2, 0.25) is 9.84 Å². The third kappa shape index (κ3) is 5.73. The number of hydrogen-bond acceptors (Lipinski definition) is 8. The molecule has 3 rings (SSSR count). The van der Waals surface area contributed by atoms with Crippen molar-refractivity contribution in [2.45, 2.75) is 56.5 Å². The monoisotopic (exact) mass is 423 g/mol. The second kappa shape index (κ2) is 8.46. The fraction of sp³-hybridized carbons (Fsp3) is 0.556. The van der Waals surface area contributed by atoms with Crippen LogP contribution in [-0.2, 0) is 19.3 Å². The van der Waals surface area contributed by atoms with Crippen molar-refractivity contribution in [2.24, 2.45) is 0 Å². The molecular formula is C18H25N5O5S. The molecule has 158 valence electrons. The van der Waals surface area contributed by atoms with Gasteiger partial charge in [0, 0.05) is 0 Å². The first-order chi connectivity index (χ1) is 13.6. The number of benzene rings is 1.